The highest BCUT2D eigenvalue weighted by molar-refractivity contribution is 8.00. The molecule has 530 valence electrons. The number of thioether (sulfide) groups is 1. The number of halogens is 1. The first-order chi connectivity index (χ1) is 47.9. The molecular weight excluding hydrogens is 1300 g/mol. The van der Waals surface area contributed by atoms with Crippen LogP contribution in [0.4, 0.5) is 9.18 Å². The largest absolute Gasteiger partial charge is 0.377 e. The second-order valence-electron chi connectivity index (χ2n) is 25.3. The Morgan fingerprint density at radius 3 is 1.99 bits per heavy atom. The summed E-state index contributed by atoms with van der Waals surface area (Å²) in [4.78, 5) is 147. The van der Waals surface area contributed by atoms with Crippen molar-refractivity contribution in [3.05, 3.63) is 120 Å². The topological polar surface area (TPSA) is 398 Å². The molecule has 4 aliphatic heterocycles. The first-order valence-corrected chi connectivity index (χ1v) is 34.8. The van der Waals surface area contributed by atoms with Crippen LogP contribution in [0.25, 0.3) is 21.8 Å². The van der Waals surface area contributed by atoms with Crippen LogP contribution in [-0.4, -0.2) is 207 Å². The lowest BCUT2D eigenvalue weighted by Crippen LogP contribution is -2.60. The molecule has 0 radical (unpaired) electrons. The van der Waals surface area contributed by atoms with Crippen LogP contribution in [0, 0.1) is 5.82 Å². The number of hydrogen-bond donors (Lipinski definition) is 12. The van der Waals surface area contributed by atoms with Gasteiger partial charge in [0.25, 0.3) is 0 Å². The number of H-pyrrole nitrogens is 2. The van der Waals surface area contributed by atoms with Gasteiger partial charge in [-0.15, -0.1) is 5.10 Å². The van der Waals surface area contributed by atoms with Crippen LogP contribution in [0.2, 0.25) is 0 Å². The van der Waals surface area contributed by atoms with E-state index in [1.54, 1.807) is 18.6 Å². The Kier molecular flexibility index (Phi) is 25.8. The number of nitrogens with zero attached hydrogens (tertiary/aromatic N) is 4. The maximum atomic E-state index is 15.2. The number of primary amides is 1. The number of aryl methyl sites for hydroxylation is 1. The second kappa shape index (κ2) is 35.4. The summed E-state index contributed by atoms with van der Waals surface area (Å²) in [6, 6.07) is 11.2. The van der Waals surface area contributed by atoms with E-state index in [0.29, 0.717) is 54.2 Å². The van der Waals surface area contributed by atoms with Gasteiger partial charge in [-0.05, 0) is 92.8 Å². The summed E-state index contributed by atoms with van der Waals surface area (Å²) >= 11 is 1.85. The van der Waals surface area contributed by atoms with Crippen molar-refractivity contribution in [3.63, 3.8) is 0 Å². The molecule has 0 saturated carbocycles. The van der Waals surface area contributed by atoms with Crippen molar-refractivity contribution >= 4 is 92.8 Å². The van der Waals surface area contributed by atoms with E-state index in [1.165, 1.54) is 40.8 Å². The number of rotatable bonds is 24. The van der Waals surface area contributed by atoms with Crippen molar-refractivity contribution in [2.45, 2.75) is 157 Å². The predicted octanol–water partition coefficient (Wildman–Crippen LogP) is 1.13. The fourth-order valence-electron chi connectivity index (χ4n) is 12.9. The van der Waals surface area contributed by atoms with Gasteiger partial charge in [-0.3, -0.25) is 47.8 Å². The van der Waals surface area contributed by atoms with Crippen molar-refractivity contribution in [2.24, 2.45) is 5.73 Å². The first-order valence-electron chi connectivity index (χ1n) is 33.8. The number of nitrogens with one attached hydrogen (secondary N) is 11. The standard InChI is InChI=1S/C68H87FN16O13S/c1-40-67(94)85-25-10-16-56(85)66(93)79-53(33-43-36-73-49-14-5-3-12-47(43)49)65(92)78-52(32-42-35-72-48-13-4-2-11-46(42)48)64(91)77-51(31-41-19-21-44(69)22-20-41)63(90)76-50(61(70)88)15-8-9-24-84-37-45(82-83-84)34-54(62(89)74-40)75-59(87)38-98-30-29-97-28-27-96-26-23-71-58(86)18-7-6-17-57-60-55(39-99-57)80-68(95)81-60/h2-5,11-14,19-22,35-37,40,50-57,60,72-73H,6-10,15-18,23-34,38-39H2,1H3,(H2,70,88)(H,71,86)(H,74,89)(H,75,87)(H,76,90)(H,77,91)(H,78,92)(H,79,93)(H2,80,81,95)/t40-,50+,51+,52-,53-,54+,55+,56-,57?,60+/m1/s1. The zero-order valence-corrected chi connectivity index (χ0v) is 56.0. The van der Waals surface area contributed by atoms with E-state index in [1.807, 2.05) is 60.3 Å². The Bertz CT molecular complexity index is 3810. The van der Waals surface area contributed by atoms with E-state index in [0.717, 1.165) is 46.8 Å². The zero-order valence-electron chi connectivity index (χ0n) is 55.2. The Hall–Kier alpha value is -9.46. The van der Waals surface area contributed by atoms with Crippen molar-refractivity contribution in [3.8, 4) is 0 Å². The van der Waals surface area contributed by atoms with E-state index in [2.05, 4.69) is 68.1 Å². The van der Waals surface area contributed by atoms with Gasteiger partial charge in [-0.1, -0.05) is 60.2 Å². The molecule has 0 aliphatic carbocycles. The van der Waals surface area contributed by atoms with Crippen LogP contribution >= 0.6 is 11.8 Å². The Balaban J connectivity index is 0.795. The number of unbranched alkanes of at least 4 members (excludes halogenated alkanes) is 1. The molecule has 31 heteroatoms. The van der Waals surface area contributed by atoms with Crippen LogP contribution in [0.3, 0.4) is 0 Å². The van der Waals surface area contributed by atoms with Crippen LogP contribution in [0.1, 0.15) is 87.1 Å². The van der Waals surface area contributed by atoms with Gasteiger partial charge in [0.2, 0.25) is 53.2 Å². The summed E-state index contributed by atoms with van der Waals surface area (Å²) in [6.45, 7) is 2.58. The van der Waals surface area contributed by atoms with Gasteiger partial charge < -0.3 is 82.7 Å². The summed E-state index contributed by atoms with van der Waals surface area (Å²) in [5.74, 6) is -5.66. The normalized spacial score (nSPS) is 23.8. The SMILES string of the molecule is C[C@H]1NC(=O)[C@@H](NC(=O)COCCOCCOCCNC(=O)CCCCC2SC[C@@H]3NC(=O)N[C@H]23)Cc2cn(nn2)CCCC[C@@H](C(N)=O)NC(=O)[C@H](Cc2ccc(F)cc2)NC(=O)[C@@H](Cc2c[nH]c3ccccc23)NC(=O)[C@@H](Cc2c[nH]c3ccccc23)NC(=O)[C@H]2CCCN2C1=O. The molecule has 3 aromatic heterocycles. The van der Waals surface area contributed by atoms with E-state index < -0.39 is 102 Å². The summed E-state index contributed by atoms with van der Waals surface area (Å²) in [6.07, 6.45) is 8.75. The van der Waals surface area contributed by atoms with Crippen LogP contribution in [0.15, 0.2) is 91.4 Å². The number of fused-ring (bicyclic) bond motifs is 6. The number of aromatic amines is 2. The van der Waals surface area contributed by atoms with Crippen LogP contribution in [0.5, 0.6) is 0 Å². The zero-order chi connectivity index (χ0) is 69.8. The molecule has 3 saturated heterocycles. The number of carbonyl (C=O) groups excluding carboxylic acids is 10. The molecule has 99 heavy (non-hydrogen) atoms. The molecule has 4 aliphatic rings. The van der Waals surface area contributed by atoms with Crippen molar-refractivity contribution in [1.29, 1.82) is 0 Å². The van der Waals surface area contributed by atoms with Gasteiger partial charge in [0.15, 0.2) is 0 Å². The quantitative estimate of drug-likeness (QED) is 0.0299. The fourth-order valence-corrected chi connectivity index (χ4v) is 14.4. The Morgan fingerprint density at radius 2 is 1.30 bits per heavy atom. The van der Waals surface area contributed by atoms with Gasteiger partial charge in [0.1, 0.15) is 54.7 Å². The number of nitrogens with two attached hydrogens (primary N) is 1. The number of ether oxygens (including phenoxy) is 3. The molecule has 3 fully saturated rings. The Labute approximate surface area is 575 Å². The highest BCUT2D eigenvalue weighted by Gasteiger charge is 2.43. The number of aromatic nitrogens is 5. The summed E-state index contributed by atoms with van der Waals surface area (Å²) < 4.78 is 32.6. The molecule has 2 bridgehead atoms. The maximum Gasteiger partial charge on any atom is 0.315 e. The van der Waals surface area contributed by atoms with Crippen LogP contribution < -0.4 is 53.6 Å². The third-order valence-corrected chi connectivity index (χ3v) is 19.6. The molecule has 13 N–H and O–H groups in total. The molecule has 29 nitrogen and oxygen atoms in total. The minimum absolute atomic E-state index is 0.0131. The van der Waals surface area contributed by atoms with Gasteiger partial charge in [0.05, 0.1) is 50.8 Å². The highest BCUT2D eigenvalue weighted by Crippen LogP contribution is 2.33. The Morgan fingerprint density at radius 1 is 0.667 bits per heavy atom. The summed E-state index contributed by atoms with van der Waals surface area (Å²) in [5.41, 5.74) is 9.42. The summed E-state index contributed by atoms with van der Waals surface area (Å²) in [7, 11) is 0. The number of urea groups is 1. The fraction of sp³-hybridized carbons (Fsp3) is 0.500. The monoisotopic (exact) mass is 1390 g/mol. The first kappa shape index (κ1) is 72.3. The molecule has 10 rings (SSSR count). The molecule has 6 aromatic rings. The number of benzene rings is 3. The molecule has 0 spiro atoms. The summed E-state index contributed by atoms with van der Waals surface area (Å²) in [5, 5.41) is 35.9. The van der Waals surface area contributed by atoms with Gasteiger partial charge >= 0.3 is 6.03 Å². The second-order valence-corrected chi connectivity index (χ2v) is 26.6. The van der Waals surface area contributed by atoms with E-state index >= 15 is 9.59 Å². The lowest BCUT2D eigenvalue weighted by Gasteiger charge is -2.30. The van der Waals surface area contributed by atoms with Gasteiger partial charge in [0, 0.05) is 103 Å². The number of hydrogen-bond acceptors (Lipinski definition) is 16. The number of carbonyl (C=O) groups is 10. The molecule has 3 aromatic carbocycles. The van der Waals surface area contributed by atoms with Gasteiger partial charge in [-0.2, -0.15) is 11.8 Å². The van der Waals surface area contributed by atoms with E-state index in [-0.39, 0.29) is 114 Å². The molecule has 1 unspecified atom stereocenters. The van der Waals surface area contributed by atoms with Gasteiger partial charge in [-0.25, -0.2) is 9.18 Å². The van der Waals surface area contributed by atoms with Crippen molar-refractivity contribution < 1.29 is 66.5 Å². The van der Waals surface area contributed by atoms with Crippen molar-refractivity contribution in [1.82, 2.24) is 77.7 Å². The van der Waals surface area contributed by atoms with Crippen LogP contribution in [-0.2, 0) is 89.6 Å². The molecular formula is C68H87FN16O13S. The predicted molar refractivity (Wildman–Crippen MR) is 362 cm³/mol. The van der Waals surface area contributed by atoms with E-state index in [9.17, 15) is 42.7 Å². The molecule has 10 atom stereocenters. The number of para-hydroxylation sites is 2. The molecule has 11 amide bonds. The average Bonchev–Trinajstić information content (AvgIpc) is 1.67. The molecule has 7 heterocycles. The maximum absolute atomic E-state index is 15.2. The average molecular weight is 1390 g/mol. The third-order valence-electron chi connectivity index (χ3n) is 18.1. The van der Waals surface area contributed by atoms with E-state index in [4.69, 9.17) is 19.9 Å². The highest BCUT2D eigenvalue weighted by atomic mass is 32.2. The van der Waals surface area contributed by atoms with Crippen molar-refractivity contribution in [2.75, 3.05) is 58.5 Å². The smallest absolute Gasteiger partial charge is 0.315 e. The number of amides is 11. The minimum Gasteiger partial charge on any atom is -0.377 e. The lowest BCUT2D eigenvalue weighted by molar-refractivity contribution is -0.142. The third kappa shape index (κ3) is 20.3. The lowest BCUT2D eigenvalue weighted by atomic mass is 10.00. The minimum atomic E-state index is -1.41.